The normalized spacial score (nSPS) is 10.4. The van der Waals surface area contributed by atoms with Crippen LogP contribution in [-0.4, -0.2) is 32.8 Å². The van der Waals surface area contributed by atoms with Crippen LogP contribution < -0.4 is 19.5 Å². The van der Waals surface area contributed by atoms with Crippen LogP contribution in [0.2, 0.25) is 0 Å². The Bertz CT molecular complexity index is 763. The van der Waals surface area contributed by atoms with Crippen LogP contribution in [0.5, 0.6) is 17.2 Å². The van der Waals surface area contributed by atoms with E-state index in [4.69, 9.17) is 9.47 Å². The lowest BCUT2D eigenvalue weighted by Crippen LogP contribution is -2.25. The van der Waals surface area contributed by atoms with Crippen molar-refractivity contribution in [3.8, 4) is 17.2 Å². The van der Waals surface area contributed by atoms with Gasteiger partial charge in [-0.05, 0) is 42.3 Å². The Morgan fingerprint density at radius 3 is 2.56 bits per heavy atom. The quantitative estimate of drug-likeness (QED) is 0.640. The lowest BCUT2D eigenvalue weighted by Gasteiger charge is -2.11. The third kappa shape index (κ3) is 6.29. The van der Waals surface area contributed by atoms with E-state index in [1.54, 1.807) is 36.4 Å². The predicted octanol–water partition coefficient (Wildman–Crippen LogP) is 3.83. The van der Waals surface area contributed by atoms with Crippen LogP contribution in [-0.2, 0) is 6.42 Å². The van der Waals surface area contributed by atoms with E-state index in [0.29, 0.717) is 36.6 Å². The van der Waals surface area contributed by atoms with Crippen LogP contribution in [0.1, 0.15) is 15.9 Å². The molecule has 0 fully saturated rings. The summed E-state index contributed by atoms with van der Waals surface area (Å²) in [6.45, 7) is 1.47. The lowest BCUT2D eigenvalue weighted by molar-refractivity contribution is -0.0498. The average molecular weight is 377 g/mol. The number of halogens is 2. The molecular weight excluding hydrogens is 356 g/mol. The number of hydrogen-bond donors (Lipinski definition) is 1. The van der Waals surface area contributed by atoms with Crippen LogP contribution in [0.15, 0.2) is 55.1 Å². The van der Waals surface area contributed by atoms with E-state index in [1.807, 2.05) is 0 Å². The summed E-state index contributed by atoms with van der Waals surface area (Å²) in [6.07, 6.45) is 2.17. The van der Waals surface area contributed by atoms with Crippen LogP contribution >= 0.6 is 0 Å². The molecule has 0 aliphatic carbocycles. The highest BCUT2D eigenvalue weighted by molar-refractivity contribution is 5.94. The number of rotatable bonds is 10. The van der Waals surface area contributed by atoms with Gasteiger partial charge in [-0.2, -0.15) is 8.78 Å². The molecule has 5 nitrogen and oxygen atoms in total. The molecule has 7 heteroatoms. The molecule has 2 rings (SSSR count). The van der Waals surface area contributed by atoms with Gasteiger partial charge in [-0.1, -0.05) is 24.8 Å². The molecule has 0 heterocycles. The van der Waals surface area contributed by atoms with Crippen molar-refractivity contribution in [3.63, 3.8) is 0 Å². The van der Waals surface area contributed by atoms with Gasteiger partial charge in [-0.25, -0.2) is 0 Å². The Hall–Kier alpha value is -3.09. The van der Waals surface area contributed by atoms with Crippen LogP contribution in [0, 0.1) is 0 Å². The summed E-state index contributed by atoms with van der Waals surface area (Å²) in [7, 11) is 1.50. The molecule has 27 heavy (non-hydrogen) atoms. The summed E-state index contributed by atoms with van der Waals surface area (Å²) in [5.41, 5.74) is 1.33. The van der Waals surface area contributed by atoms with Gasteiger partial charge in [-0.3, -0.25) is 4.79 Å². The summed E-state index contributed by atoms with van der Waals surface area (Å²) in [5.74, 6) is 0.837. The number of benzene rings is 2. The lowest BCUT2D eigenvalue weighted by atomic mass is 10.1. The first-order valence-electron chi connectivity index (χ1n) is 8.27. The van der Waals surface area contributed by atoms with Gasteiger partial charge in [0.1, 0.15) is 12.4 Å². The van der Waals surface area contributed by atoms with E-state index < -0.39 is 6.61 Å². The zero-order chi connectivity index (χ0) is 19.6. The molecule has 0 bridgehead atoms. The Morgan fingerprint density at radius 2 is 1.93 bits per heavy atom. The van der Waals surface area contributed by atoms with Crippen molar-refractivity contribution < 1.29 is 27.8 Å². The third-order valence-electron chi connectivity index (χ3n) is 3.63. The summed E-state index contributed by atoms with van der Waals surface area (Å²) >= 11 is 0. The second-order valence-electron chi connectivity index (χ2n) is 5.49. The SMILES string of the molecule is C=CCOc1ccc(C(=O)NCCc2ccc(OC(F)F)cc2)cc1OC. The summed E-state index contributed by atoms with van der Waals surface area (Å²) in [4.78, 5) is 12.3. The number of methoxy groups -OCH3 is 1. The minimum absolute atomic E-state index is 0.101. The van der Waals surface area contributed by atoms with Gasteiger partial charge >= 0.3 is 6.61 Å². The highest BCUT2D eigenvalue weighted by Gasteiger charge is 2.11. The molecule has 1 amide bonds. The summed E-state index contributed by atoms with van der Waals surface area (Å²) in [5, 5.41) is 2.81. The maximum atomic E-state index is 12.3. The Labute approximate surface area is 156 Å². The van der Waals surface area contributed by atoms with Gasteiger partial charge < -0.3 is 19.5 Å². The molecule has 0 aromatic heterocycles. The van der Waals surface area contributed by atoms with Gasteiger partial charge in [0.25, 0.3) is 5.91 Å². The first-order chi connectivity index (χ1) is 13.0. The van der Waals surface area contributed by atoms with Crippen molar-refractivity contribution in [2.24, 2.45) is 0 Å². The van der Waals surface area contributed by atoms with Gasteiger partial charge in [-0.15, -0.1) is 0 Å². The van der Waals surface area contributed by atoms with Crippen molar-refractivity contribution in [1.29, 1.82) is 0 Å². The third-order valence-corrected chi connectivity index (χ3v) is 3.63. The van der Waals surface area contributed by atoms with Gasteiger partial charge in [0.2, 0.25) is 0 Å². The average Bonchev–Trinajstić information content (AvgIpc) is 2.67. The molecule has 0 atom stereocenters. The monoisotopic (exact) mass is 377 g/mol. The molecule has 144 valence electrons. The number of alkyl halides is 2. The van der Waals surface area contributed by atoms with Gasteiger partial charge in [0.05, 0.1) is 7.11 Å². The first-order valence-corrected chi connectivity index (χ1v) is 8.27. The number of carbonyl (C=O) groups is 1. The smallest absolute Gasteiger partial charge is 0.387 e. The minimum Gasteiger partial charge on any atom is -0.493 e. The zero-order valence-electron chi connectivity index (χ0n) is 14.9. The topological polar surface area (TPSA) is 56.8 Å². The molecule has 2 aromatic rings. The molecule has 0 aliphatic rings. The molecule has 0 saturated carbocycles. The highest BCUT2D eigenvalue weighted by atomic mass is 19.3. The first kappa shape index (κ1) is 20.2. The second kappa shape index (κ2) is 10.2. The van der Waals surface area contributed by atoms with Crippen LogP contribution in [0.4, 0.5) is 8.78 Å². The van der Waals surface area contributed by atoms with E-state index in [2.05, 4.69) is 16.6 Å². The molecule has 0 aliphatic heterocycles. The summed E-state index contributed by atoms with van der Waals surface area (Å²) < 4.78 is 39.2. The second-order valence-corrected chi connectivity index (χ2v) is 5.49. The van der Waals surface area contributed by atoms with E-state index >= 15 is 0 Å². The van der Waals surface area contributed by atoms with E-state index in [1.165, 1.54) is 19.2 Å². The predicted molar refractivity (Wildman–Crippen MR) is 97.8 cm³/mol. The molecule has 0 unspecified atom stereocenters. The standard InChI is InChI=1S/C20H21F2NO4/c1-3-12-26-17-9-6-15(13-18(17)25-2)19(24)23-11-10-14-4-7-16(8-5-14)27-20(21)22/h3-9,13,20H,1,10-12H2,2H3,(H,23,24). The maximum Gasteiger partial charge on any atom is 0.387 e. The fraction of sp³-hybridized carbons (Fsp3) is 0.250. The Kier molecular flexibility index (Phi) is 7.61. The number of ether oxygens (including phenoxy) is 3. The number of hydrogen-bond acceptors (Lipinski definition) is 4. The van der Waals surface area contributed by atoms with E-state index in [-0.39, 0.29) is 11.7 Å². The molecular formula is C20H21F2NO4. The maximum absolute atomic E-state index is 12.3. The largest absolute Gasteiger partial charge is 0.493 e. The fourth-order valence-corrected chi connectivity index (χ4v) is 2.34. The number of amides is 1. The van der Waals surface area contributed by atoms with Crippen molar-refractivity contribution in [1.82, 2.24) is 5.32 Å². The molecule has 0 spiro atoms. The van der Waals surface area contributed by atoms with Crippen molar-refractivity contribution in [3.05, 3.63) is 66.2 Å². The molecule has 2 aromatic carbocycles. The van der Waals surface area contributed by atoms with E-state index in [9.17, 15) is 13.6 Å². The molecule has 0 saturated heterocycles. The fourth-order valence-electron chi connectivity index (χ4n) is 2.34. The number of carbonyl (C=O) groups excluding carboxylic acids is 1. The number of nitrogens with one attached hydrogen (secondary N) is 1. The van der Waals surface area contributed by atoms with Gasteiger partial charge in [0.15, 0.2) is 11.5 Å². The summed E-state index contributed by atoms with van der Waals surface area (Å²) in [6, 6.07) is 11.2. The van der Waals surface area contributed by atoms with Crippen molar-refractivity contribution >= 4 is 5.91 Å². The van der Waals surface area contributed by atoms with Crippen LogP contribution in [0.3, 0.4) is 0 Å². The molecule has 0 radical (unpaired) electrons. The van der Waals surface area contributed by atoms with Crippen molar-refractivity contribution in [2.45, 2.75) is 13.0 Å². The van der Waals surface area contributed by atoms with E-state index in [0.717, 1.165) is 5.56 Å². The van der Waals surface area contributed by atoms with Gasteiger partial charge in [0, 0.05) is 12.1 Å². The van der Waals surface area contributed by atoms with Crippen LogP contribution in [0.25, 0.3) is 0 Å². The molecule has 1 N–H and O–H groups in total. The Balaban J connectivity index is 1.88. The highest BCUT2D eigenvalue weighted by Crippen LogP contribution is 2.28. The zero-order valence-corrected chi connectivity index (χ0v) is 14.9. The minimum atomic E-state index is -2.85. The Morgan fingerprint density at radius 1 is 1.19 bits per heavy atom. The van der Waals surface area contributed by atoms with Crippen molar-refractivity contribution in [2.75, 3.05) is 20.3 Å².